The van der Waals surface area contributed by atoms with Gasteiger partial charge in [-0.1, -0.05) is 48.5 Å². The van der Waals surface area contributed by atoms with Crippen molar-refractivity contribution in [3.63, 3.8) is 0 Å². The molecule has 0 aliphatic carbocycles. The van der Waals surface area contributed by atoms with E-state index in [1.807, 2.05) is 61.5 Å². The normalized spacial score (nSPS) is 16.4. The number of para-hydroxylation sites is 1. The van der Waals surface area contributed by atoms with Crippen LogP contribution in [-0.2, 0) is 9.53 Å². The van der Waals surface area contributed by atoms with Gasteiger partial charge in [-0.25, -0.2) is 4.79 Å². The first-order valence-electron chi connectivity index (χ1n) is 8.91. The molecule has 0 spiro atoms. The molecule has 0 bridgehead atoms. The molecule has 0 amide bonds. The predicted molar refractivity (Wildman–Crippen MR) is 109 cm³/mol. The molecule has 1 unspecified atom stereocenters. The fourth-order valence-corrected chi connectivity index (χ4v) is 3.28. The number of carbonyl (C=O) groups excluding carboxylic acids is 1. The Labute approximate surface area is 164 Å². The second-order valence-electron chi connectivity index (χ2n) is 5.88. The molecule has 6 heteroatoms. The number of nitrogens with one attached hydrogen (secondary N) is 2. The Morgan fingerprint density at radius 1 is 1.04 bits per heavy atom. The zero-order valence-corrected chi connectivity index (χ0v) is 16.1. The van der Waals surface area contributed by atoms with E-state index in [0.717, 1.165) is 11.1 Å². The number of ether oxygens (including phenoxy) is 2. The minimum absolute atomic E-state index is 0.286. The van der Waals surface area contributed by atoms with Gasteiger partial charge >= 0.3 is 5.97 Å². The molecule has 1 aliphatic heterocycles. The SMILES string of the molecule is CCOC(=O)C1=C(c2ccccc2)NC(=S)NC1c1ccccc1OCC. The zero-order chi connectivity index (χ0) is 19.2. The maximum absolute atomic E-state index is 12.9. The smallest absolute Gasteiger partial charge is 0.338 e. The molecular weight excluding hydrogens is 360 g/mol. The summed E-state index contributed by atoms with van der Waals surface area (Å²) in [6, 6.07) is 16.8. The summed E-state index contributed by atoms with van der Waals surface area (Å²) in [5, 5.41) is 6.78. The van der Waals surface area contributed by atoms with Crippen LogP contribution in [0.3, 0.4) is 0 Å². The number of benzene rings is 2. The van der Waals surface area contributed by atoms with Crippen molar-refractivity contribution in [1.82, 2.24) is 10.6 Å². The summed E-state index contributed by atoms with van der Waals surface area (Å²) in [4.78, 5) is 12.9. The Kier molecular flexibility index (Phi) is 6.08. The van der Waals surface area contributed by atoms with Crippen molar-refractivity contribution in [2.45, 2.75) is 19.9 Å². The van der Waals surface area contributed by atoms with Crippen molar-refractivity contribution in [3.05, 3.63) is 71.3 Å². The summed E-state index contributed by atoms with van der Waals surface area (Å²) < 4.78 is 11.1. The van der Waals surface area contributed by atoms with Crippen LogP contribution in [0.5, 0.6) is 5.75 Å². The number of thiocarbonyl (C=S) groups is 1. The maximum atomic E-state index is 12.9. The van der Waals surface area contributed by atoms with Gasteiger partial charge in [-0.15, -0.1) is 0 Å². The predicted octanol–water partition coefficient (Wildman–Crippen LogP) is 3.58. The maximum Gasteiger partial charge on any atom is 0.338 e. The van der Waals surface area contributed by atoms with Crippen LogP contribution >= 0.6 is 12.2 Å². The molecule has 3 rings (SSSR count). The van der Waals surface area contributed by atoms with Gasteiger partial charge < -0.3 is 20.1 Å². The highest BCUT2D eigenvalue weighted by Gasteiger charge is 2.34. The Morgan fingerprint density at radius 2 is 1.74 bits per heavy atom. The number of hydrogen-bond acceptors (Lipinski definition) is 4. The fraction of sp³-hybridized carbons (Fsp3) is 0.238. The molecule has 2 N–H and O–H groups in total. The lowest BCUT2D eigenvalue weighted by molar-refractivity contribution is -0.138. The second-order valence-corrected chi connectivity index (χ2v) is 6.29. The van der Waals surface area contributed by atoms with Gasteiger partial charge in [0.25, 0.3) is 0 Å². The van der Waals surface area contributed by atoms with E-state index in [1.54, 1.807) is 6.92 Å². The summed E-state index contributed by atoms with van der Waals surface area (Å²) in [6.45, 7) is 4.53. The van der Waals surface area contributed by atoms with Crippen molar-refractivity contribution in [3.8, 4) is 5.75 Å². The van der Waals surface area contributed by atoms with Crippen LogP contribution in [0.4, 0.5) is 0 Å². The number of hydrogen-bond donors (Lipinski definition) is 2. The third-order valence-corrected chi connectivity index (χ3v) is 4.38. The van der Waals surface area contributed by atoms with Crippen LogP contribution in [0.15, 0.2) is 60.2 Å². The second kappa shape index (κ2) is 8.68. The van der Waals surface area contributed by atoms with E-state index in [-0.39, 0.29) is 6.61 Å². The molecule has 0 radical (unpaired) electrons. The van der Waals surface area contributed by atoms with E-state index >= 15 is 0 Å². The standard InChI is InChI=1S/C21H22N2O3S/c1-3-25-16-13-9-8-12-15(16)19-17(20(24)26-4-2)18(22-21(27)23-19)14-10-6-5-7-11-14/h5-13,19H,3-4H2,1-2H3,(H2,22,23,27). The number of esters is 1. The van der Waals surface area contributed by atoms with E-state index in [9.17, 15) is 4.79 Å². The van der Waals surface area contributed by atoms with Gasteiger partial charge in [-0.05, 0) is 37.7 Å². The van der Waals surface area contributed by atoms with Crippen LogP contribution < -0.4 is 15.4 Å². The molecule has 140 valence electrons. The number of rotatable bonds is 6. The highest BCUT2D eigenvalue weighted by atomic mass is 32.1. The average molecular weight is 382 g/mol. The molecule has 1 atom stereocenters. The van der Waals surface area contributed by atoms with Crippen LogP contribution in [0, 0.1) is 0 Å². The quantitative estimate of drug-likeness (QED) is 0.588. The first-order valence-corrected chi connectivity index (χ1v) is 9.32. The lowest BCUT2D eigenvalue weighted by Crippen LogP contribution is -2.45. The Bertz CT molecular complexity index is 865. The molecule has 0 fully saturated rings. The summed E-state index contributed by atoms with van der Waals surface area (Å²) in [5.41, 5.74) is 2.82. The van der Waals surface area contributed by atoms with Gasteiger partial charge in [0.05, 0.1) is 30.5 Å². The summed E-state index contributed by atoms with van der Waals surface area (Å²) in [7, 11) is 0. The van der Waals surface area contributed by atoms with Gasteiger partial charge in [-0.2, -0.15) is 0 Å². The van der Waals surface area contributed by atoms with E-state index in [2.05, 4.69) is 10.6 Å². The van der Waals surface area contributed by atoms with E-state index in [1.165, 1.54) is 0 Å². The molecule has 0 saturated carbocycles. The van der Waals surface area contributed by atoms with Crippen LogP contribution in [-0.4, -0.2) is 24.3 Å². The Balaban J connectivity index is 2.19. The Morgan fingerprint density at radius 3 is 2.44 bits per heavy atom. The summed E-state index contributed by atoms with van der Waals surface area (Å²) in [6.07, 6.45) is 0. The van der Waals surface area contributed by atoms with Gasteiger partial charge in [-0.3, -0.25) is 0 Å². The molecule has 0 saturated heterocycles. The van der Waals surface area contributed by atoms with Crippen LogP contribution in [0.1, 0.15) is 31.0 Å². The fourth-order valence-electron chi connectivity index (χ4n) is 3.07. The van der Waals surface area contributed by atoms with Crippen molar-refractivity contribution in [2.75, 3.05) is 13.2 Å². The largest absolute Gasteiger partial charge is 0.494 e. The van der Waals surface area contributed by atoms with Crippen LogP contribution in [0.2, 0.25) is 0 Å². The highest BCUT2D eigenvalue weighted by Crippen LogP contribution is 2.36. The topological polar surface area (TPSA) is 59.6 Å². The van der Waals surface area contributed by atoms with Crippen molar-refractivity contribution in [2.24, 2.45) is 0 Å². The molecule has 2 aromatic rings. The molecule has 2 aromatic carbocycles. The zero-order valence-electron chi connectivity index (χ0n) is 15.3. The average Bonchev–Trinajstić information content (AvgIpc) is 2.69. The number of carbonyl (C=O) groups is 1. The molecule has 0 aromatic heterocycles. The van der Waals surface area contributed by atoms with Crippen molar-refractivity contribution < 1.29 is 14.3 Å². The molecular formula is C21H22N2O3S. The molecule has 27 heavy (non-hydrogen) atoms. The first kappa shape index (κ1) is 18.9. The third kappa shape index (κ3) is 4.11. The van der Waals surface area contributed by atoms with Gasteiger partial charge in [0.15, 0.2) is 5.11 Å². The minimum atomic E-state index is -0.476. The van der Waals surface area contributed by atoms with Crippen LogP contribution in [0.25, 0.3) is 5.70 Å². The van der Waals surface area contributed by atoms with E-state index in [0.29, 0.717) is 28.7 Å². The highest BCUT2D eigenvalue weighted by molar-refractivity contribution is 7.80. The van der Waals surface area contributed by atoms with Gasteiger partial charge in [0, 0.05) is 5.56 Å². The van der Waals surface area contributed by atoms with E-state index < -0.39 is 12.0 Å². The molecule has 1 heterocycles. The summed E-state index contributed by atoms with van der Waals surface area (Å²) >= 11 is 5.42. The van der Waals surface area contributed by atoms with Gasteiger partial charge in [0.1, 0.15) is 5.75 Å². The monoisotopic (exact) mass is 382 g/mol. The lowest BCUT2D eigenvalue weighted by atomic mass is 9.92. The summed E-state index contributed by atoms with van der Waals surface area (Å²) in [5.74, 6) is 0.312. The lowest BCUT2D eigenvalue weighted by Gasteiger charge is -2.32. The van der Waals surface area contributed by atoms with Crippen molar-refractivity contribution >= 4 is 29.0 Å². The Hall–Kier alpha value is -2.86. The third-order valence-electron chi connectivity index (χ3n) is 4.16. The minimum Gasteiger partial charge on any atom is -0.494 e. The molecule has 5 nitrogen and oxygen atoms in total. The molecule has 1 aliphatic rings. The van der Waals surface area contributed by atoms with Gasteiger partial charge in [0.2, 0.25) is 0 Å². The first-order chi connectivity index (χ1) is 13.2. The van der Waals surface area contributed by atoms with E-state index in [4.69, 9.17) is 21.7 Å². The van der Waals surface area contributed by atoms with Crippen molar-refractivity contribution in [1.29, 1.82) is 0 Å².